The predicted molar refractivity (Wildman–Crippen MR) is 81.6 cm³/mol. The summed E-state index contributed by atoms with van der Waals surface area (Å²) in [6, 6.07) is 19.5. The second kappa shape index (κ2) is 6.24. The highest BCUT2D eigenvalue weighted by Gasteiger charge is 2.06. The molecule has 0 saturated carbocycles. The molecule has 0 aliphatic carbocycles. The van der Waals surface area contributed by atoms with Crippen molar-refractivity contribution in [2.75, 3.05) is 5.32 Å². The van der Waals surface area contributed by atoms with Gasteiger partial charge in [0.1, 0.15) is 5.69 Å². The standard InChI is InChI=1S/C17H16N2O2/c20-12-13-5-4-8-15(9-13)18-11-16-10-17(19-21-16)14-6-2-1-3-7-14/h1-10,18,20H,11-12H2. The Balaban J connectivity index is 1.67. The average molecular weight is 280 g/mol. The Labute approximate surface area is 123 Å². The molecular formula is C17H16N2O2. The highest BCUT2D eigenvalue weighted by molar-refractivity contribution is 5.58. The van der Waals surface area contributed by atoms with E-state index in [1.165, 1.54) is 0 Å². The van der Waals surface area contributed by atoms with Gasteiger partial charge in [0, 0.05) is 17.3 Å². The maximum atomic E-state index is 9.12. The number of rotatable bonds is 5. The molecule has 106 valence electrons. The van der Waals surface area contributed by atoms with Crippen molar-refractivity contribution < 1.29 is 9.63 Å². The fourth-order valence-electron chi connectivity index (χ4n) is 2.11. The molecule has 0 fully saturated rings. The average Bonchev–Trinajstić information content (AvgIpc) is 3.03. The molecule has 4 nitrogen and oxygen atoms in total. The van der Waals surface area contributed by atoms with Crippen molar-refractivity contribution in [1.29, 1.82) is 0 Å². The number of nitrogens with one attached hydrogen (secondary N) is 1. The SMILES string of the molecule is OCc1cccc(NCc2cc(-c3ccccc3)no2)c1. The van der Waals surface area contributed by atoms with Gasteiger partial charge in [0.25, 0.3) is 0 Å². The van der Waals surface area contributed by atoms with E-state index in [9.17, 15) is 0 Å². The first-order chi connectivity index (χ1) is 10.3. The van der Waals surface area contributed by atoms with Crippen molar-refractivity contribution >= 4 is 5.69 Å². The van der Waals surface area contributed by atoms with E-state index in [0.717, 1.165) is 28.3 Å². The third kappa shape index (κ3) is 3.30. The zero-order valence-electron chi connectivity index (χ0n) is 11.5. The molecule has 0 spiro atoms. The molecule has 0 radical (unpaired) electrons. The summed E-state index contributed by atoms with van der Waals surface area (Å²) in [6.45, 7) is 0.588. The van der Waals surface area contributed by atoms with Gasteiger partial charge in [-0.15, -0.1) is 0 Å². The second-order valence-electron chi connectivity index (χ2n) is 4.76. The first-order valence-electron chi connectivity index (χ1n) is 6.80. The molecule has 3 rings (SSSR count). The van der Waals surface area contributed by atoms with Gasteiger partial charge in [0.05, 0.1) is 13.2 Å². The number of hydrogen-bond acceptors (Lipinski definition) is 4. The minimum atomic E-state index is 0.0377. The van der Waals surface area contributed by atoms with E-state index in [1.807, 2.05) is 60.7 Å². The van der Waals surface area contributed by atoms with Gasteiger partial charge in [-0.25, -0.2) is 0 Å². The third-order valence-corrected chi connectivity index (χ3v) is 3.20. The lowest BCUT2D eigenvalue weighted by Gasteiger charge is -2.05. The van der Waals surface area contributed by atoms with E-state index in [4.69, 9.17) is 9.63 Å². The van der Waals surface area contributed by atoms with Crippen molar-refractivity contribution in [2.45, 2.75) is 13.2 Å². The van der Waals surface area contributed by atoms with Crippen molar-refractivity contribution in [3.8, 4) is 11.3 Å². The van der Waals surface area contributed by atoms with Crippen LogP contribution in [0.4, 0.5) is 5.69 Å². The molecule has 2 aromatic carbocycles. The monoisotopic (exact) mass is 280 g/mol. The number of benzene rings is 2. The maximum absolute atomic E-state index is 9.12. The van der Waals surface area contributed by atoms with E-state index in [2.05, 4.69) is 10.5 Å². The number of nitrogens with zero attached hydrogens (tertiary/aromatic N) is 1. The van der Waals surface area contributed by atoms with Crippen molar-refractivity contribution in [3.63, 3.8) is 0 Å². The number of hydrogen-bond donors (Lipinski definition) is 2. The first kappa shape index (κ1) is 13.4. The lowest BCUT2D eigenvalue weighted by Crippen LogP contribution is -1.98. The molecule has 0 saturated heterocycles. The Morgan fingerprint density at radius 2 is 1.86 bits per heavy atom. The van der Waals surface area contributed by atoms with Crippen LogP contribution in [0.2, 0.25) is 0 Å². The molecule has 4 heteroatoms. The van der Waals surface area contributed by atoms with Crippen LogP contribution < -0.4 is 5.32 Å². The summed E-state index contributed by atoms with van der Waals surface area (Å²) in [7, 11) is 0. The summed E-state index contributed by atoms with van der Waals surface area (Å²) in [6.07, 6.45) is 0. The van der Waals surface area contributed by atoms with E-state index in [0.29, 0.717) is 6.54 Å². The van der Waals surface area contributed by atoms with E-state index in [1.54, 1.807) is 0 Å². The highest BCUT2D eigenvalue weighted by Crippen LogP contribution is 2.19. The van der Waals surface area contributed by atoms with Crippen LogP contribution in [-0.2, 0) is 13.2 Å². The summed E-state index contributed by atoms with van der Waals surface area (Å²) in [5, 5.41) is 16.5. The molecule has 3 aromatic rings. The van der Waals surface area contributed by atoms with Gasteiger partial charge in [0.15, 0.2) is 5.76 Å². The van der Waals surface area contributed by atoms with Gasteiger partial charge >= 0.3 is 0 Å². The Morgan fingerprint density at radius 3 is 2.67 bits per heavy atom. The summed E-state index contributed by atoms with van der Waals surface area (Å²) in [5.74, 6) is 0.767. The summed E-state index contributed by atoms with van der Waals surface area (Å²) >= 11 is 0. The Morgan fingerprint density at radius 1 is 1.00 bits per heavy atom. The number of anilines is 1. The topological polar surface area (TPSA) is 58.3 Å². The van der Waals surface area contributed by atoms with Gasteiger partial charge in [-0.3, -0.25) is 0 Å². The summed E-state index contributed by atoms with van der Waals surface area (Å²) < 4.78 is 5.34. The number of aliphatic hydroxyl groups excluding tert-OH is 1. The van der Waals surface area contributed by atoms with Gasteiger partial charge < -0.3 is 14.9 Å². The van der Waals surface area contributed by atoms with Crippen LogP contribution in [0.25, 0.3) is 11.3 Å². The molecule has 0 unspecified atom stereocenters. The lowest BCUT2D eigenvalue weighted by atomic mass is 10.1. The van der Waals surface area contributed by atoms with Gasteiger partial charge in [-0.2, -0.15) is 0 Å². The first-order valence-corrected chi connectivity index (χ1v) is 6.80. The van der Waals surface area contributed by atoms with Crippen LogP contribution in [0.5, 0.6) is 0 Å². The minimum Gasteiger partial charge on any atom is -0.392 e. The Hall–Kier alpha value is -2.59. The molecule has 0 bridgehead atoms. The molecule has 21 heavy (non-hydrogen) atoms. The van der Waals surface area contributed by atoms with E-state index in [-0.39, 0.29) is 6.61 Å². The van der Waals surface area contributed by atoms with Crippen LogP contribution in [0.3, 0.4) is 0 Å². The molecule has 0 aliphatic heterocycles. The highest BCUT2D eigenvalue weighted by atomic mass is 16.5. The van der Waals surface area contributed by atoms with E-state index < -0.39 is 0 Å². The minimum absolute atomic E-state index is 0.0377. The van der Waals surface area contributed by atoms with Crippen LogP contribution in [0.15, 0.2) is 65.2 Å². The summed E-state index contributed by atoms with van der Waals surface area (Å²) in [5.41, 5.74) is 3.69. The maximum Gasteiger partial charge on any atom is 0.156 e. The third-order valence-electron chi connectivity index (χ3n) is 3.20. The van der Waals surface area contributed by atoms with Gasteiger partial charge in [0.2, 0.25) is 0 Å². The van der Waals surface area contributed by atoms with Crippen molar-refractivity contribution in [2.24, 2.45) is 0 Å². The second-order valence-corrected chi connectivity index (χ2v) is 4.76. The Bertz CT molecular complexity index is 708. The molecule has 0 aliphatic rings. The molecular weight excluding hydrogens is 264 g/mol. The Kier molecular flexibility index (Phi) is 3.98. The zero-order valence-corrected chi connectivity index (χ0v) is 11.5. The molecule has 1 aromatic heterocycles. The smallest absolute Gasteiger partial charge is 0.156 e. The largest absolute Gasteiger partial charge is 0.392 e. The van der Waals surface area contributed by atoms with Crippen molar-refractivity contribution in [1.82, 2.24) is 5.16 Å². The predicted octanol–water partition coefficient (Wildman–Crippen LogP) is 3.45. The van der Waals surface area contributed by atoms with Crippen LogP contribution in [0, 0.1) is 0 Å². The lowest BCUT2D eigenvalue weighted by molar-refractivity contribution is 0.282. The summed E-state index contributed by atoms with van der Waals surface area (Å²) in [4.78, 5) is 0. The van der Waals surface area contributed by atoms with E-state index >= 15 is 0 Å². The van der Waals surface area contributed by atoms with Gasteiger partial charge in [-0.05, 0) is 17.7 Å². The van der Waals surface area contributed by atoms with Crippen LogP contribution in [0.1, 0.15) is 11.3 Å². The fourth-order valence-corrected chi connectivity index (χ4v) is 2.11. The van der Waals surface area contributed by atoms with Crippen molar-refractivity contribution in [3.05, 3.63) is 72.0 Å². The quantitative estimate of drug-likeness (QED) is 0.751. The normalized spacial score (nSPS) is 10.5. The molecule has 0 amide bonds. The fraction of sp³-hybridized carbons (Fsp3) is 0.118. The van der Waals surface area contributed by atoms with Crippen LogP contribution >= 0.6 is 0 Å². The molecule has 0 atom stereocenters. The number of aromatic nitrogens is 1. The molecule has 1 heterocycles. The van der Waals surface area contributed by atoms with Gasteiger partial charge in [-0.1, -0.05) is 47.6 Å². The zero-order chi connectivity index (χ0) is 14.5. The van der Waals surface area contributed by atoms with Crippen LogP contribution in [-0.4, -0.2) is 10.3 Å². The molecule has 2 N–H and O–H groups in total. The number of aliphatic hydroxyl groups is 1.